The van der Waals surface area contributed by atoms with Crippen molar-refractivity contribution >= 4 is 29.1 Å². The first-order valence-corrected chi connectivity index (χ1v) is 7.42. The number of ether oxygens (including phenoxy) is 1. The second kappa shape index (κ2) is 8.19. The highest BCUT2D eigenvalue weighted by Gasteiger charge is 2.07. The van der Waals surface area contributed by atoms with Crippen LogP contribution in [0.5, 0.6) is 5.75 Å². The number of carbonyl (C=O) groups is 2. The summed E-state index contributed by atoms with van der Waals surface area (Å²) in [7, 11) is 0. The van der Waals surface area contributed by atoms with Gasteiger partial charge in [0.05, 0.1) is 6.54 Å². The van der Waals surface area contributed by atoms with Gasteiger partial charge in [-0.05, 0) is 48.9 Å². The Hall–Kier alpha value is -2.53. The molecule has 0 aliphatic rings. The van der Waals surface area contributed by atoms with Gasteiger partial charge in [-0.2, -0.15) is 0 Å². The van der Waals surface area contributed by atoms with Gasteiger partial charge < -0.3 is 15.4 Å². The summed E-state index contributed by atoms with van der Waals surface area (Å²) in [4.78, 5) is 23.4. The van der Waals surface area contributed by atoms with Crippen LogP contribution in [0.1, 0.15) is 5.56 Å². The predicted molar refractivity (Wildman–Crippen MR) is 89.8 cm³/mol. The average molecular weight is 333 g/mol. The Morgan fingerprint density at radius 2 is 1.83 bits per heavy atom. The van der Waals surface area contributed by atoms with E-state index < -0.39 is 0 Å². The molecule has 0 spiro atoms. The van der Waals surface area contributed by atoms with E-state index >= 15 is 0 Å². The van der Waals surface area contributed by atoms with Crippen LogP contribution in [0.2, 0.25) is 5.02 Å². The number of amides is 2. The van der Waals surface area contributed by atoms with Crippen LogP contribution < -0.4 is 15.4 Å². The van der Waals surface area contributed by atoms with Crippen LogP contribution in [-0.2, 0) is 9.59 Å². The molecular formula is C17H17ClN2O3. The molecule has 2 rings (SSSR count). The summed E-state index contributed by atoms with van der Waals surface area (Å²) in [5, 5.41) is 5.80. The molecule has 5 nitrogen and oxygen atoms in total. The number of nitrogens with one attached hydrogen (secondary N) is 2. The van der Waals surface area contributed by atoms with Gasteiger partial charge in [0, 0.05) is 10.7 Å². The Morgan fingerprint density at radius 3 is 2.52 bits per heavy atom. The fraction of sp³-hybridized carbons (Fsp3) is 0.176. The molecule has 0 aliphatic heterocycles. The first kappa shape index (κ1) is 16.8. The predicted octanol–water partition coefficient (Wildman–Crippen LogP) is 2.78. The normalized spacial score (nSPS) is 10.0. The summed E-state index contributed by atoms with van der Waals surface area (Å²) in [6, 6.07) is 14.1. The largest absolute Gasteiger partial charge is 0.484 e. The molecule has 0 atom stereocenters. The molecule has 2 N–H and O–H groups in total. The summed E-state index contributed by atoms with van der Waals surface area (Å²) < 4.78 is 5.29. The minimum absolute atomic E-state index is 0.114. The van der Waals surface area contributed by atoms with Gasteiger partial charge in [0.1, 0.15) is 5.75 Å². The number of benzene rings is 2. The van der Waals surface area contributed by atoms with Crippen LogP contribution in [0, 0.1) is 6.92 Å². The third kappa shape index (κ3) is 6.00. The second-order valence-electron chi connectivity index (χ2n) is 4.94. The van der Waals surface area contributed by atoms with Gasteiger partial charge in [-0.1, -0.05) is 23.7 Å². The van der Waals surface area contributed by atoms with Crippen molar-refractivity contribution in [2.45, 2.75) is 6.92 Å². The topological polar surface area (TPSA) is 67.4 Å². The number of hydrogen-bond donors (Lipinski definition) is 2. The zero-order chi connectivity index (χ0) is 16.7. The Labute approximate surface area is 139 Å². The standard InChI is InChI=1S/C17H17ClN2O3/c1-12-3-2-4-14(9-12)20-16(21)10-19-17(22)11-23-15-7-5-13(18)6-8-15/h2-9H,10-11H2,1H3,(H,19,22)(H,20,21). The van der Waals surface area contributed by atoms with Gasteiger partial charge in [-0.15, -0.1) is 0 Å². The Kier molecular flexibility index (Phi) is 6.00. The van der Waals surface area contributed by atoms with Crippen LogP contribution in [0.3, 0.4) is 0 Å². The second-order valence-corrected chi connectivity index (χ2v) is 5.37. The van der Waals surface area contributed by atoms with Gasteiger partial charge >= 0.3 is 0 Å². The SMILES string of the molecule is Cc1cccc(NC(=O)CNC(=O)COc2ccc(Cl)cc2)c1. The fourth-order valence-electron chi connectivity index (χ4n) is 1.84. The van der Waals surface area contributed by atoms with E-state index in [1.165, 1.54) is 0 Å². The highest BCUT2D eigenvalue weighted by molar-refractivity contribution is 6.30. The third-order valence-electron chi connectivity index (χ3n) is 2.93. The van der Waals surface area contributed by atoms with Gasteiger partial charge in [-0.25, -0.2) is 0 Å². The molecule has 0 fully saturated rings. The number of rotatable bonds is 6. The highest BCUT2D eigenvalue weighted by atomic mass is 35.5. The van der Waals surface area contributed by atoms with E-state index in [4.69, 9.17) is 16.3 Å². The maximum absolute atomic E-state index is 11.8. The van der Waals surface area contributed by atoms with Crippen LogP contribution in [0.4, 0.5) is 5.69 Å². The van der Waals surface area contributed by atoms with Crippen molar-refractivity contribution in [1.82, 2.24) is 5.32 Å². The molecule has 23 heavy (non-hydrogen) atoms. The van der Waals surface area contributed by atoms with Gasteiger partial charge in [-0.3, -0.25) is 9.59 Å². The molecule has 6 heteroatoms. The van der Waals surface area contributed by atoms with Gasteiger partial charge in [0.2, 0.25) is 5.91 Å². The van der Waals surface area contributed by atoms with Crippen LogP contribution in [0.25, 0.3) is 0 Å². The highest BCUT2D eigenvalue weighted by Crippen LogP contribution is 2.15. The summed E-state index contributed by atoms with van der Waals surface area (Å²) >= 11 is 5.76. The van der Waals surface area contributed by atoms with E-state index in [1.54, 1.807) is 30.3 Å². The molecule has 0 radical (unpaired) electrons. The van der Waals surface area contributed by atoms with Crippen LogP contribution in [-0.4, -0.2) is 25.0 Å². The maximum atomic E-state index is 11.8. The molecule has 2 aromatic carbocycles. The lowest BCUT2D eigenvalue weighted by atomic mass is 10.2. The monoisotopic (exact) mass is 332 g/mol. The molecule has 0 saturated carbocycles. The zero-order valence-electron chi connectivity index (χ0n) is 12.6. The Bertz CT molecular complexity index is 686. The maximum Gasteiger partial charge on any atom is 0.258 e. The third-order valence-corrected chi connectivity index (χ3v) is 3.18. The van der Waals surface area contributed by atoms with Crippen molar-refractivity contribution in [2.75, 3.05) is 18.5 Å². The average Bonchev–Trinajstić information content (AvgIpc) is 2.52. The summed E-state index contributed by atoms with van der Waals surface area (Å²) in [6.45, 7) is 1.65. The van der Waals surface area contributed by atoms with Crippen LogP contribution in [0.15, 0.2) is 48.5 Å². The first-order chi connectivity index (χ1) is 11.0. The lowest BCUT2D eigenvalue weighted by molar-refractivity contribution is -0.125. The molecule has 0 bridgehead atoms. The van der Waals surface area contributed by atoms with Crippen molar-refractivity contribution in [2.24, 2.45) is 0 Å². The van der Waals surface area contributed by atoms with E-state index in [-0.39, 0.29) is 25.0 Å². The number of halogens is 1. The molecule has 2 amide bonds. The first-order valence-electron chi connectivity index (χ1n) is 7.04. The molecular weight excluding hydrogens is 316 g/mol. The van der Waals surface area contributed by atoms with Crippen molar-refractivity contribution in [3.63, 3.8) is 0 Å². The van der Waals surface area contributed by atoms with E-state index in [9.17, 15) is 9.59 Å². The van der Waals surface area contributed by atoms with E-state index in [0.29, 0.717) is 16.5 Å². The van der Waals surface area contributed by atoms with E-state index in [1.807, 2.05) is 25.1 Å². The molecule has 0 heterocycles. The Morgan fingerprint density at radius 1 is 1.09 bits per heavy atom. The Balaban J connectivity index is 1.71. The van der Waals surface area contributed by atoms with Crippen molar-refractivity contribution < 1.29 is 14.3 Å². The quantitative estimate of drug-likeness (QED) is 0.854. The van der Waals surface area contributed by atoms with E-state index in [0.717, 1.165) is 5.56 Å². The molecule has 0 aliphatic carbocycles. The summed E-state index contributed by atoms with van der Waals surface area (Å²) in [5.41, 5.74) is 1.74. The number of anilines is 1. The van der Waals surface area contributed by atoms with E-state index in [2.05, 4.69) is 10.6 Å². The summed E-state index contributed by atoms with van der Waals surface area (Å²) in [6.07, 6.45) is 0. The molecule has 0 saturated heterocycles. The molecule has 120 valence electrons. The molecule has 0 unspecified atom stereocenters. The minimum atomic E-state index is -0.376. The van der Waals surface area contributed by atoms with Crippen molar-refractivity contribution in [3.8, 4) is 5.75 Å². The molecule has 2 aromatic rings. The zero-order valence-corrected chi connectivity index (χ0v) is 13.4. The van der Waals surface area contributed by atoms with Crippen molar-refractivity contribution in [3.05, 3.63) is 59.1 Å². The molecule has 0 aromatic heterocycles. The lowest BCUT2D eigenvalue weighted by Gasteiger charge is -2.08. The lowest BCUT2D eigenvalue weighted by Crippen LogP contribution is -2.35. The number of hydrogen-bond acceptors (Lipinski definition) is 3. The fourth-order valence-corrected chi connectivity index (χ4v) is 1.96. The number of aryl methyl sites for hydroxylation is 1. The van der Waals surface area contributed by atoms with Gasteiger partial charge in [0.15, 0.2) is 6.61 Å². The van der Waals surface area contributed by atoms with Crippen molar-refractivity contribution in [1.29, 1.82) is 0 Å². The number of carbonyl (C=O) groups excluding carboxylic acids is 2. The smallest absolute Gasteiger partial charge is 0.258 e. The van der Waals surface area contributed by atoms with Crippen LogP contribution >= 0.6 is 11.6 Å². The van der Waals surface area contributed by atoms with Gasteiger partial charge in [0.25, 0.3) is 5.91 Å². The minimum Gasteiger partial charge on any atom is -0.484 e. The summed E-state index contributed by atoms with van der Waals surface area (Å²) in [5.74, 6) is -0.136.